The molecule has 2 heterocycles. The molecule has 0 radical (unpaired) electrons. The summed E-state index contributed by atoms with van der Waals surface area (Å²) in [6.07, 6.45) is 3.92. The largest absolute Gasteiger partial charge is 0.494 e. The van der Waals surface area contributed by atoms with Crippen LogP contribution in [0.2, 0.25) is 5.02 Å². The Morgan fingerprint density at radius 2 is 1.57 bits per heavy atom. The predicted molar refractivity (Wildman–Crippen MR) is 164 cm³/mol. The van der Waals surface area contributed by atoms with E-state index in [0.29, 0.717) is 39.6 Å². The van der Waals surface area contributed by atoms with Gasteiger partial charge in [-0.25, -0.2) is 0 Å². The molecule has 4 aromatic carbocycles. The Morgan fingerprint density at radius 1 is 0.905 bits per heavy atom. The van der Waals surface area contributed by atoms with Gasteiger partial charge < -0.3 is 9.64 Å². The molecule has 0 N–H and O–H groups in total. The van der Waals surface area contributed by atoms with Crippen LogP contribution in [0.4, 0.5) is 5.69 Å². The van der Waals surface area contributed by atoms with E-state index in [2.05, 4.69) is 6.07 Å². The van der Waals surface area contributed by atoms with Gasteiger partial charge in [0.2, 0.25) is 0 Å². The summed E-state index contributed by atoms with van der Waals surface area (Å²) in [6, 6.07) is 25.7. The van der Waals surface area contributed by atoms with Crippen LogP contribution < -0.4 is 9.64 Å². The van der Waals surface area contributed by atoms with Gasteiger partial charge in [-0.1, -0.05) is 77.8 Å². The molecule has 1 aliphatic carbocycles. The van der Waals surface area contributed by atoms with Crippen molar-refractivity contribution < 1.29 is 19.1 Å². The third kappa shape index (κ3) is 3.59. The highest BCUT2D eigenvalue weighted by Gasteiger charge is 2.71. The summed E-state index contributed by atoms with van der Waals surface area (Å²) in [7, 11) is 0. The lowest BCUT2D eigenvalue weighted by Gasteiger charge is -2.37. The third-order valence-corrected chi connectivity index (χ3v) is 9.16. The van der Waals surface area contributed by atoms with Crippen molar-refractivity contribution in [3.63, 3.8) is 0 Å². The molecule has 1 fully saturated rings. The van der Waals surface area contributed by atoms with E-state index >= 15 is 0 Å². The molecular weight excluding hydrogens is 546 g/mol. The Labute approximate surface area is 249 Å². The summed E-state index contributed by atoms with van der Waals surface area (Å²) in [6.45, 7) is 4.30. The van der Waals surface area contributed by atoms with Gasteiger partial charge in [-0.2, -0.15) is 0 Å². The lowest BCUT2D eigenvalue weighted by Crippen LogP contribution is -2.48. The van der Waals surface area contributed by atoms with E-state index in [1.165, 1.54) is 0 Å². The van der Waals surface area contributed by atoms with Crippen molar-refractivity contribution >= 4 is 40.7 Å². The number of Topliss-reactive ketones (excluding diaryl/α,β-unsaturated/α-hetero) is 3. The molecule has 1 saturated heterocycles. The van der Waals surface area contributed by atoms with Crippen molar-refractivity contribution in [2.75, 3.05) is 11.5 Å². The van der Waals surface area contributed by atoms with E-state index in [1.54, 1.807) is 48.5 Å². The second-order valence-electron chi connectivity index (χ2n) is 11.1. The van der Waals surface area contributed by atoms with Crippen LogP contribution in [-0.2, 0) is 0 Å². The van der Waals surface area contributed by atoms with Gasteiger partial charge in [0.15, 0.2) is 17.3 Å². The zero-order valence-corrected chi connectivity index (χ0v) is 24.0. The summed E-state index contributed by atoms with van der Waals surface area (Å²) in [5.41, 5.74) is 3.15. The first-order valence-corrected chi connectivity index (χ1v) is 14.5. The molecule has 0 aromatic heterocycles. The minimum atomic E-state index is -1.58. The lowest BCUT2D eigenvalue weighted by atomic mass is 9.64. The summed E-state index contributed by atoms with van der Waals surface area (Å²) in [5.74, 6) is -0.995. The zero-order chi connectivity index (χ0) is 29.2. The topological polar surface area (TPSA) is 63.7 Å². The molecule has 42 heavy (non-hydrogen) atoms. The van der Waals surface area contributed by atoms with E-state index in [9.17, 15) is 14.4 Å². The van der Waals surface area contributed by atoms with Crippen LogP contribution in [0.15, 0.2) is 97.1 Å². The highest BCUT2D eigenvalue weighted by Crippen LogP contribution is 2.62. The number of para-hydroxylation sites is 1. The Bertz CT molecular complexity index is 1770. The maximum absolute atomic E-state index is 14.8. The van der Waals surface area contributed by atoms with Crippen LogP contribution in [-0.4, -0.2) is 36.0 Å². The fourth-order valence-electron chi connectivity index (χ4n) is 7.25. The van der Waals surface area contributed by atoms with Gasteiger partial charge in [-0.3, -0.25) is 14.4 Å². The first kappa shape index (κ1) is 26.4. The Kier molecular flexibility index (Phi) is 6.17. The number of carbonyl (C=O) groups excluding carboxylic acids is 3. The number of ketones is 3. The van der Waals surface area contributed by atoms with E-state index in [0.717, 1.165) is 16.8 Å². The summed E-state index contributed by atoms with van der Waals surface area (Å²) in [5, 5.41) is 0.517. The molecule has 4 aromatic rings. The molecular formula is C36H28ClNO4. The summed E-state index contributed by atoms with van der Waals surface area (Å²) < 4.78 is 6.10. The van der Waals surface area contributed by atoms with Crippen LogP contribution in [0.1, 0.15) is 60.6 Å². The molecule has 2 aliphatic heterocycles. The molecule has 3 aliphatic rings. The SMILES string of the molecule is CCOc1ccccc1[C@@H]1[C@H](C(=O)c2ccc(Cl)cc2)N2c3ccc(C)cc3C=C[C@@H]2C12C(=O)c1ccccc1C2=O. The number of aryl methyl sites for hydroxylation is 1. The van der Waals surface area contributed by atoms with Gasteiger partial charge in [-0.15, -0.1) is 0 Å². The standard InChI is InChI=1S/C36H28ClNO4/c1-3-42-29-11-7-6-10-27(29)31-32(33(39)22-13-16-24(37)17-14-22)38-28-18-12-21(2)20-23(28)15-19-30(38)36(31)34(40)25-8-4-5-9-26(25)35(36)41/h4-20,30-32H,3H2,1-2H3/t30-,31-,32-/m1/s1. The van der Waals surface area contributed by atoms with Crippen molar-refractivity contribution in [3.05, 3.63) is 135 Å². The first-order chi connectivity index (χ1) is 20.4. The molecule has 0 unspecified atom stereocenters. The number of hydrogen-bond acceptors (Lipinski definition) is 5. The number of fused-ring (bicyclic) bond motifs is 5. The smallest absolute Gasteiger partial charge is 0.185 e. The van der Waals surface area contributed by atoms with Crippen LogP contribution in [0.3, 0.4) is 0 Å². The minimum absolute atomic E-state index is 0.191. The average Bonchev–Trinajstić information content (AvgIpc) is 3.43. The number of hydrogen-bond donors (Lipinski definition) is 0. The number of rotatable bonds is 5. The van der Waals surface area contributed by atoms with Crippen molar-refractivity contribution in [2.45, 2.75) is 31.8 Å². The van der Waals surface area contributed by atoms with E-state index < -0.39 is 23.4 Å². The monoisotopic (exact) mass is 573 g/mol. The van der Waals surface area contributed by atoms with Crippen molar-refractivity contribution in [1.82, 2.24) is 0 Å². The third-order valence-electron chi connectivity index (χ3n) is 8.91. The fourth-order valence-corrected chi connectivity index (χ4v) is 7.37. The molecule has 1 spiro atoms. The van der Waals surface area contributed by atoms with Gasteiger partial charge in [0.1, 0.15) is 17.2 Å². The van der Waals surface area contributed by atoms with Crippen LogP contribution in [0, 0.1) is 12.3 Å². The van der Waals surface area contributed by atoms with Gasteiger partial charge in [0.05, 0.1) is 12.6 Å². The number of carbonyl (C=O) groups is 3. The van der Waals surface area contributed by atoms with Gasteiger partial charge in [-0.05, 0) is 61.9 Å². The number of ether oxygens (including phenoxy) is 1. The summed E-state index contributed by atoms with van der Waals surface area (Å²) >= 11 is 6.20. The number of anilines is 1. The Morgan fingerprint density at radius 3 is 2.26 bits per heavy atom. The second kappa shape index (κ2) is 9.81. The molecule has 208 valence electrons. The highest BCUT2D eigenvalue weighted by atomic mass is 35.5. The number of benzene rings is 4. The molecule has 3 atom stereocenters. The summed E-state index contributed by atoms with van der Waals surface area (Å²) in [4.78, 5) is 46.4. The Balaban J connectivity index is 1.56. The van der Waals surface area contributed by atoms with Crippen LogP contribution in [0.25, 0.3) is 6.08 Å². The van der Waals surface area contributed by atoms with Gasteiger partial charge >= 0.3 is 0 Å². The molecule has 5 nitrogen and oxygen atoms in total. The normalized spacial score (nSPS) is 21.3. The van der Waals surface area contributed by atoms with Crippen molar-refractivity contribution in [3.8, 4) is 5.75 Å². The quantitative estimate of drug-likeness (QED) is 0.184. The lowest BCUT2D eigenvalue weighted by molar-refractivity contribution is 0.0664. The maximum Gasteiger partial charge on any atom is 0.185 e. The Hall–Kier alpha value is -4.48. The van der Waals surface area contributed by atoms with E-state index in [4.69, 9.17) is 16.3 Å². The van der Waals surface area contributed by atoms with Crippen molar-refractivity contribution in [2.24, 2.45) is 5.41 Å². The van der Waals surface area contributed by atoms with E-state index in [1.807, 2.05) is 67.3 Å². The first-order valence-electron chi connectivity index (χ1n) is 14.1. The van der Waals surface area contributed by atoms with Crippen LogP contribution in [0.5, 0.6) is 5.75 Å². The van der Waals surface area contributed by atoms with Gasteiger partial charge in [0.25, 0.3) is 0 Å². The van der Waals surface area contributed by atoms with Crippen molar-refractivity contribution in [1.29, 1.82) is 0 Å². The zero-order valence-electron chi connectivity index (χ0n) is 23.2. The predicted octanol–water partition coefficient (Wildman–Crippen LogP) is 7.36. The van der Waals surface area contributed by atoms with Gasteiger partial charge in [0, 0.05) is 38.9 Å². The minimum Gasteiger partial charge on any atom is -0.494 e. The molecule has 0 bridgehead atoms. The number of halogens is 1. The number of nitrogens with zero attached hydrogens (tertiary/aromatic N) is 1. The van der Waals surface area contributed by atoms with Crippen LogP contribution >= 0.6 is 11.6 Å². The highest BCUT2D eigenvalue weighted by molar-refractivity contribution is 6.32. The molecule has 0 amide bonds. The average molecular weight is 574 g/mol. The second-order valence-corrected chi connectivity index (χ2v) is 11.5. The molecule has 7 rings (SSSR count). The fraction of sp³-hybridized carbons (Fsp3) is 0.194. The van der Waals surface area contributed by atoms with E-state index in [-0.39, 0.29) is 17.3 Å². The molecule has 6 heteroatoms. The maximum atomic E-state index is 14.8. The molecule has 0 saturated carbocycles.